The number of amides is 2. The molecule has 28 heavy (non-hydrogen) atoms. The maximum absolute atomic E-state index is 12.1. The fourth-order valence-electron chi connectivity index (χ4n) is 2.44. The molecule has 3 rings (SSSR count). The summed E-state index contributed by atoms with van der Waals surface area (Å²) in [5.74, 6) is -0.402. The van der Waals surface area contributed by atoms with E-state index in [0.29, 0.717) is 30.1 Å². The number of aryl methyl sites for hydroxylation is 2. The fourth-order valence-corrected chi connectivity index (χ4v) is 3.18. The van der Waals surface area contributed by atoms with Gasteiger partial charge in [-0.15, -0.1) is 11.3 Å². The van der Waals surface area contributed by atoms with Crippen molar-refractivity contribution in [1.82, 2.24) is 15.3 Å². The average molecular weight is 396 g/mol. The summed E-state index contributed by atoms with van der Waals surface area (Å²) in [7, 11) is 0. The van der Waals surface area contributed by atoms with E-state index in [1.165, 1.54) is 35.2 Å². The number of hydrogen-bond donors (Lipinski definition) is 3. The van der Waals surface area contributed by atoms with Gasteiger partial charge >= 0.3 is 0 Å². The van der Waals surface area contributed by atoms with Gasteiger partial charge in [0, 0.05) is 30.6 Å². The highest BCUT2D eigenvalue weighted by molar-refractivity contribution is 7.14. The first-order chi connectivity index (χ1) is 13.5. The number of nitrogens with zero attached hydrogens (tertiary/aromatic N) is 1. The third-order valence-electron chi connectivity index (χ3n) is 4.04. The molecule has 0 aliphatic carbocycles. The van der Waals surface area contributed by atoms with E-state index in [1.54, 1.807) is 0 Å². The van der Waals surface area contributed by atoms with Crippen LogP contribution in [0.15, 0.2) is 52.8 Å². The van der Waals surface area contributed by atoms with Gasteiger partial charge in [-0.25, -0.2) is 4.98 Å². The van der Waals surface area contributed by atoms with Gasteiger partial charge in [0.05, 0.1) is 11.3 Å². The van der Waals surface area contributed by atoms with Crippen molar-refractivity contribution in [3.05, 3.63) is 80.7 Å². The molecule has 0 unspecified atom stereocenters. The highest BCUT2D eigenvalue weighted by atomic mass is 32.1. The number of rotatable bonds is 7. The van der Waals surface area contributed by atoms with Crippen molar-refractivity contribution in [2.75, 3.05) is 5.32 Å². The third kappa shape index (κ3) is 5.62. The number of thiazole rings is 1. The number of aromatic amines is 1. The second-order valence-electron chi connectivity index (χ2n) is 6.30. The minimum atomic E-state index is -0.354. The van der Waals surface area contributed by atoms with Crippen LogP contribution in [0.2, 0.25) is 0 Å². The number of carbonyl (C=O) groups is 2. The van der Waals surface area contributed by atoms with Crippen molar-refractivity contribution in [2.45, 2.75) is 26.3 Å². The van der Waals surface area contributed by atoms with Crippen LogP contribution in [0.4, 0.5) is 5.13 Å². The molecule has 2 heterocycles. The van der Waals surface area contributed by atoms with Crippen molar-refractivity contribution >= 4 is 28.3 Å². The Kier molecular flexibility index (Phi) is 6.33. The zero-order valence-corrected chi connectivity index (χ0v) is 16.1. The molecule has 144 valence electrons. The number of aromatic nitrogens is 2. The number of carbonyl (C=O) groups excluding carboxylic acids is 2. The van der Waals surface area contributed by atoms with E-state index in [2.05, 4.69) is 20.6 Å². The van der Waals surface area contributed by atoms with Crippen LogP contribution in [0.25, 0.3) is 0 Å². The largest absolute Gasteiger partial charge is 0.352 e. The minimum absolute atomic E-state index is 0.0487. The Balaban J connectivity index is 1.45. The van der Waals surface area contributed by atoms with Crippen molar-refractivity contribution in [3.63, 3.8) is 0 Å². The van der Waals surface area contributed by atoms with Gasteiger partial charge < -0.3 is 10.3 Å². The molecule has 0 aliphatic rings. The van der Waals surface area contributed by atoms with E-state index in [0.717, 1.165) is 11.3 Å². The number of benzene rings is 1. The number of anilines is 1. The van der Waals surface area contributed by atoms with Gasteiger partial charge in [-0.3, -0.25) is 19.7 Å². The Morgan fingerprint density at radius 1 is 1.14 bits per heavy atom. The Hall–Kier alpha value is -3.26. The number of nitrogens with one attached hydrogen (secondary N) is 3. The van der Waals surface area contributed by atoms with E-state index in [-0.39, 0.29) is 17.4 Å². The van der Waals surface area contributed by atoms with Crippen LogP contribution >= 0.6 is 11.3 Å². The second-order valence-corrected chi connectivity index (χ2v) is 7.16. The van der Waals surface area contributed by atoms with Crippen LogP contribution < -0.4 is 16.2 Å². The van der Waals surface area contributed by atoms with Crippen molar-refractivity contribution in [2.24, 2.45) is 0 Å². The maximum Gasteiger partial charge on any atom is 0.258 e. The fraction of sp³-hybridized carbons (Fsp3) is 0.200. The molecule has 3 N–H and O–H groups in total. The third-order valence-corrected chi connectivity index (χ3v) is 4.84. The number of H-pyrrole nitrogens is 1. The van der Waals surface area contributed by atoms with Gasteiger partial charge in [-0.2, -0.15) is 0 Å². The van der Waals surface area contributed by atoms with Gasteiger partial charge in [0.15, 0.2) is 5.13 Å². The first-order valence-corrected chi connectivity index (χ1v) is 9.64. The van der Waals surface area contributed by atoms with E-state index in [9.17, 15) is 14.4 Å². The van der Waals surface area contributed by atoms with Gasteiger partial charge in [0.2, 0.25) is 11.5 Å². The van der Waals surface area contributed by atoms with Gasteiger partial charge in [-0.1, -0.05) is 29.8 Å². The molecule has 0 saturated heterocycles. The van der Waals surface area contributed by atoms with Gasteiger partial charge in [0.25, 0.3) is 5.91 Å². The summed E-state index contributed by atoms with van der Waals surface area (Å²) in [6, 6.07) is 10.7. The molecule has 8 heteroatoms. The lowest BCUT2D eigenvalue weighted by Gasteiger charge is -2.05. The summed E-state index contributed by atoms with van der Waals surface area (Å²) in [6.45, 7) is 2.52. The predicted octanol–water partition coefficient (Wildman–Crippen LogP) is 2.64. The molecule has 3 aromatic rings. The standard InChI is InChI=1S/C20H20N4O3S/c1-13-2-4-14(5-3-13)10-21-18(26)9-7-16-12-28-20(23-16)24-19(27)15-6-8-17(25)22-11-15/h2-6,8,11-12H,7,9-10H2,1H3,(H,21,26)(H,22,25)(H,23,24,27). The van der Waals surface area contributed by atoms with Crippen LogP contribution in [0.3, 0.4) is 0 Å². The zero-order valence-electron chi connectivity index (χ0n) is 15.3. The Morgan fingerprint density at radius 2 is 1.93 bits per heavy atom. The second kappa shape index (κ2) is 9.09. The quantitative estimate of drug-likeness (QED) is 0.571. The summed E-state index contributed by atoms with van der Waals surface area (Å²) < 4.78 is 0. The van der Waals surface area contributed by atoms with Crippen LogP contribution in [0.5, 0.6) is 0 Å². The smallest absolute Gasteiger partial charge is 0.258 e. The summed E-state index contributed by atoms with van der Waals surface area (Å²) in [5.41, 5.74) is 3.05. The first kappa shape index (κ1) is 19.5. The molecule has 0 fully saturated rings. The normalized spacial score (nSPS) is 10.5. The molecule has 0 radical (unpaired) electrons. The molecule has 7 nitrogen and oxygen atoms in total. The van der Waals surface area contributed by atoms with Gasteiger partial charge in [0.1, 0.15) is 0 Å². The van der Waals surface area contributed by atoms with Crippen LogP contribution in [0.1, 0.15) is 33.6 Å². The molecule has 0 aliphatic heterocycles. The summed E-state index contributed by atoms with van der Waals surface area (Å²) in [6.07, 6.45) is 2.16. The lowest BCUT2D eigenvalue weighted by molar-refractivity contribution is -0.121. The summed E-state index contributed by atoms with van der Waals surface area (Å²) >= 11 is 1.29. The monoisotopic (exact) mass is 396 g/mol. The molecule has 2 aromatic heterocycles. The topological polar surface area (TPSA) is 104 Å². The van der Waals surface area contributed by atoms with Crippen molar-refractivity contribution in [1.29, 1.82) is 0 Å². The lowest BCUT2D eigenvalue weighted by Crippen LogP contribution is -2.23. The number of pyridine rings is 1. The maximum atomic E-state index is 12.1. The summed E-state index contributed by atoms with van der Waals surface area (Å²) in [4.78, 5) is 42.0. The Labute approximate surface area is 165 Å². The van der Waals surface area contributed by atoms with Crippen LogP contribution in [-0.2, 0) is 17.8 Å². The van der Waals surface area contributed by atoms with Crippen molar-refractivity contribution in [3.8, 4) is 0 Å². The Morgan fingerprint density at radius 3 is 2.64 bits per heavy atom. The highest BCUT2D eigenvalue weighted by Gasteiger charge is 2.10. The predicted molar refractivity (Wildman–Crippen MR) is 108 cm³/mol. The van der Waals surface area contributed by atoms with Crippen molar-refractivity contribution < 1.29 is 9.59 Å². The Bertz CT molecular complexity index is 1000. The lowest BCUT2D eigenvalue weighted by atomic mass is 10.1. The van der Waals surface area contributed by atoms with Crippen LogP contribution in [-0.4, -0.2) is 21.8 Å². The zero-order chi connectivity index (χ0) is 19.9. The number of hydrogen-bond acceptors (Lipinski definition) is 5. The average Bonchev–Trinajstić information content (AvgIpc) is 3.13. The molecular formula is C20H20N4O3S. The SMILES string of the molecule is Cc1ccc(CNC(=O)CCc2csc(NC(=O)c3ccc(=O)[nH]c3)n2)cc1. The molecule has 0 spiro atoms. The molecular weight excluding hydrogens is 376 g/mol. The van der Waals surface area contributed by atoms with E-state index in [4.69, 9.17) is 0 Å². The van der Waals surface area contributed by atoms with Crippen LogP contribution in [0, 0.1) is 6.92 Å². The van der Waals surface area contributed by atoms with Gasteiger partial charge in [-0.05, 0) is 25.0 Å². The molecule has 2 amide bonds. The van der Waals surface area contributed by atoms with E-state index < -0.39 is 0 Å². The summed E-state index contributed by atoms with van der Waals surface area (Å²) in [5, 5.41) is 7.84. The highest BCUT2D eigenvalue weighted by Crippen LogP contribution is 2.17. The van der Waals surface area contributed by atoms with E-state index in [1.807, 2.05) is 36.6 Å². The first-order valence-electron chi connectivity index (χ1n) is 8.76. The molecule has 0 bridgehead atoms. The molecule has 0 saturated carbocycles. The minimum Gasteiger partial charge on any atom is -0.352 e. The molecule has 0 atom stereocenters. The molecule has 1 aromatic carbocycles. The van der Waals surface area contributed by atoms with E-state index >= 15 is 0 Å².